The average molecular weight is 697 g/mol. The lowest BCUT2D eigenvalue weighted by Gasteiger charge is -2.74. The molecule has 2 fully saturated rings. The van der Waals surface area contributed by atoms with Gasteiger partial charge in [-0.25, -0.2) is 0 Å². The van der Waals surface area contributed by atoms with Gasteiger partial charge in [-0.1, -0.05) is 78.7 Å². The predicted molar refractivity (Wildman–Crippen MR) is 209 cm³/mol. The number of hydrogen-bond donors (Lipinski definition) is 0. The Bertz CT molecular complexity index is 1160. The molecule has 4 rings (SSSR count). The van der Waals surface area contributed by atoms with Gasteiger partial charge in [-0.05, 0) is 117 Å². The quantitative estimate of drug-likeness (QED) is 0.185. The molecular weight excluding hydrogens is 626 g/mol. The van der Waals surface area contributed by atoms with Gasteiger partial charge in [0, 0.05) is 48.3 Å². The molecule has 9 heteroatoms. The van der Waals surface area contributed by atoms with Gasteiger partial charge in [-0.2, -0.15) is 0 Å². The van der Waals surface area contributed by atoms with Gasteiger partial charge in [0.15, 0.2) is 0 Å². The highest BCUT2D eigenvalue weighted by molar-refractivity contribution is 8.36. The van der Waals surface area contributed by atoms with Crippen LogP contribution in [0.1, 0.15) is 145 Å². The van der Waals surface area contributed by atoms with E-state index >= 15 is 0 Å². The van der Waals surface area contributed by atoms with Gasteiger partial charge in [-0.15, -0.1) is 0 Å². The van der Waals surface area contributed by atoms with E-state index in [2.05, 4.69) is 164 Å². The second kappa shape index (κ2) is 10.5. The molecule has 0 amide bonds. The van der Waals surface area contributed by atoms with E-state index in [1.807, 2.05) is 10.1 Å². The maximum absolute atomic E-state index is 3.35. The van der Waals surface area contributed by atoms with Crippen LogP contribution in [-0.2, 0) is 0 Å². The molecule has 1 atom stereocenters. The smallest absolute Gasteiger partial charge is 0.298 e. The summed E-state index contributed by atoms with van der Waals surface area (Å²) < 4.78 is 13.3. The van der Waals surface area contributed by atoms with Crippen molar-refractivity contribution in [2.75, 3.05) is 26.2 Å². The molecule has 0 N–H and O–H groups in total. The molecule has 0 aromatic rings. The van der Waals surface area contributed by atoms with E-state index in [-0.39, 0.29) is 42.9 Å². The highest BCUT2D eigenvalue weighted by Crippen LogP contribution is 2.86. The second-order valence-corrected chi connectivity index (χ2v) is 41.6. The molecule has 4 nitrogen and oxygen atoms in total. The number of rotatable bonds is 0. The standard InChI is InChI=1S/C35H71N4P3Si2/c1-28(2,3)26-40-35(30(7,8)9)41-27(29(4,5)6)42(26)43(35)36(31(10,11)12)22-23-37(32(13,14)15)44(43)38(33(16,17)18)24-25-39(44)34(19,20)21/h22-25H2,1-21H3/t35?,42?,43-/m0/s1. The lowest BCUT2D eigenvalue weighted by Crippen LogP contribution is -2.99. The molecule has 4 aliphatic heterocycles. The highest BCUT2D eigenvalue weighted by Gasteiger charge is 2.90. The van der Waals surface area contributed by atoms with Gasteiger partial charge in [0.1, 0.15) is 0 Å². The average Bonchev–Trinajstić information content (AvgIpc) is 3.38. The highest BCUT2D eigenvalue weighted by atomic mass is 31.4. The SMILES string of the molecule is CC(C)(C)C1=PC2(C(C)(C)C)P=C(C(C)(C)C)P1[Si@@]21N(C(C)(C)C)CCN(C(C)(C)C)[Si]12N(C(C)(C)C)CCN2C(C)(C)C. The molecule has 4 heterocycles. The molecule has 0 aliphatic carbocycles. The molecule has 2 bridgehead atoms. The molecule has 0 saturated carbocycles. The third-order valence-electron chi connectivity index (χ3n) is 10.5. The fourth-order valence-corrected chi connectivity index (χ4v) is 71.4. The summed E-state index contributed by atoms with van der Waals surface area (Å²) in [5.74, 6) is 0. The molecule has 2 spiro atoms. The zero-order valence-corrected chi connectivity index (χ0v) is 37.6. The fraction of sp³-hybridized carbons (Fsp3) is 0.943. The molecular formula is C35H71N4P3Si2. The Morgan fingerprint density at radius 3 is 0.977 bits per heavy atom. The van der Waals surface area contributed by atoms with Crippen LogP contribution in [0, 0.1) is 16.2 Å². The number of hydrogen-bond acceptors (Lipinski definition) is 4. The summed E-state index contributed by atoms with van der Waals surface area (Å²) in [6, 6.07) is 0. The van der Waals surface area contributed by atoms with Crippen molar-refractivity contribution >= 4 is 49.4 Å². The zero-order chi connectivity index (χ0) is 34.3. The van der Waals surface area contributed by atoms with Crippen molar-refractivity contribution in [3.05, 3.63) is 0 Å². The Kier molecular flexibility index (Phi) is 9.06. The first-order valence-corrected chi connectivity index (χ1v) is 26.1. The topological polar surface area (TPSA) is 13.0 Å². The van der Waals surface area contributed by atoms with Crippen LogP contribution in [0.3, 0.4) is 0 Å². The first-order valence-electron chi connectivity index (χ1n) is 17.4. The molecule has 254 valence electrons. The summed E-state index contributed by atoms with van der Waals surface area (Å²) in [6.07, 6.45) is 0. The number of nitrogens with zero attached hydrogens (tertiary/aromatic N) is 4. The monoisotopic (exact) mass is 696 g/mol. The van der Waals surface area contributed by atoms with Crippen molar-refractivity contribution < 1.29 is 0 Å². The first kappa shape index (κ1) is 37.9. The molecule has 4 aliphatic rings. The van der Waals surface area contributed by atoms with Crippen LogP contribution in [0.15, 0.2) is 0 Å². The van der Waals surface area contributed by atoms with Crippen molar-refractivity contribution in [3.8, 4) is 0 Å². The zero-order valence-electron chi connectivity index (χ0n) is 33.0. The van der Waals surface area contributed by atoms with Crippen LogP contribution in [0.25, 0.3) is 0 Å². The van der Waals surface area contributed by atoms with Gasteiger partial charge in [0.25, 0.3) is 8.08 Å². The van der Waals surface area contributed by atoms with E-state index in [9.17, 15) is 0 Å². The Balaban J connectivity index is 2.42. The summed E-state index contributed by atoms with van der Waals surface area (Å²) in [6.45, 7) is 59.1. The Labute approximate surface area is 281 Å². The molecule has 0 unspecified atom stereocenters. The molecule has 44 heavy (non-hydrogen) atoms. The van der Waals surface area contributed by atoms with Crippen molar-refractivity contribution in [1.29, 1.82) is 0 Å². The fourth-order valence-electron chi connectivity index (χ4n) is 9.15. The van der Waals surface area contributed by atoms with E-state index in [0.29, 0.717) is 0 Å². The van der Waals surface area contributed by atoms with E-state index in [4.69, 9.17) is 0 Å². The van der Waals surface area contributed by atoms with E-state index < -0.39 is 23.0 Å². The van der Waals surface area contributed by atoms with E-state index in [0.717, 1.165) is 0 Å². The minimum absolute atomic E-state index is 0.0860. The van der Waals surface area contributed by atoms with Gasteiger partial charge < -0.3 is 4.57 Å². The second-order valence-electron chi connectivity index (χ2n) is 21.2. The minimum Gasteiger partial charge on any atom is -0.311 e. The van der Waals surface area contributed by atoms with Crippen molar-refractivity contribution in [1.82, 2.24) is 18.3 Å². The Morgan fingerprint density at radius 1 is 0.477 bits per heavy atom. The molecule has 0 radical (unpaired) electrons. The first-order chi connectivity index (χ1) is 19.2. The van der Waals surface area contributed by atoms with E-state index in [1.54, 1.807) is 16.4 Å². The van der Waals surface area contributed by atoms with Crippen molar-refractivity contribution in [3.63, 3.8) is 0 Å². The lowest BCUT2D eigenvalue weighted by molar-refractivity contribution is 0.111. The van der Waals surface area contributed by atoms with Crippen LogP contribution in [0.2, 0.25) is 0 Å². The summed E-state index contributed by atoms with van der Waals surface area (Å²) in [4.78, 5) is 0. The largest absolute Gasteiger partial charge is 0.311 e. The molecule has 0 aromatic carbocycles. The van der Waals surface area contributed by atoms with Crippen LogP contribution in [0.4, 0.5) is 0 Å². The van der Waals surface area contributed by atoms with Crippen LogP contribution in [0.5, 0.6) is 0 Å². The Hall–Kier alpha value is 1.04. The molecule has 0 aromatic heterocycles. The van der Waals surface area contributed by atoms with Crippen molar-refractivity contribution in [2.45, 2.75) is 172 Å². The Morgan fingerprint density at radius 2 is 0.750 bits per heavy atom. The normalized spacial score (nSPS) is 32.6. The summed E-state index contributed by atoms with van der Waals surface area (Å²) in [5, 5.41) is 3.87. The third-order valence-corrected chi connectivity index (χ3v) is 51.7. The maximum Gasteiger partial charge on any atom is 0.298 e. The van der Waals surface area contributed by atoms with E-state index in [1.165, 1.54) is 26.2 Å². The predicted octanol–water partition coefficient (Wildman–Crippen LogP) is 9.91. The van der Waals surface area contributed by atoms with Gasteiger partial charge in [-0.3, -0.25) is 13.7 Å². The van der Waals surface area contributed by atoms with Crippen LogP contribution in [-0.4, -0.2) is 96.7 Å². The van der Waals surface area contributed by atoms with Gasteiger partial charge in [0.05, 0.1) is 4.52 Å². The van der Waals surface area contributed by atoms with Gasteiger partial charge in [0.2, 0.25) is 7.42 Å². The van der Waals surface area contributed by atoms with Crippen molar-refractivity contribution in [2.24, 2.45) is 16.2 Å². The minimum atomic E-state index is -2.65. The van der Waals surface area contributed by atoms with Crippen LogP contribution < -0.4 is 0 Å². The maximum atomic E-state index is 3.35. The van der Waals surface area contributed by atoms with Crippen LogP contribution >= 0.6 is 23.9 Å². The summed E-state index contributed by atoms with van der Waals surface area (Å²) in [5.41, 5.74) is 0.916. The third kappa shape index (κ3) is 5.11. The molecule has 2 saturated heterocycles. The summed E-state index contributed by atoms with van der Waals surface area (Å²) >= 11 is 0. The lowest BCUT2D eigenvalue weighted by atomic mass is 9.99. The van der Waals surface area contributed by atoms with Gasteiger partial charge >= 0.3 is 0 Å². The summed E-state index contributed by atoms with van der Waals surface area (Å²) in [7, 11) is -2.24.